The second-order valence-electron chi connectivity index (χ2n) is 7.38. The molecule has 0 fully saturated rings. The van der Waals surface area contributed by atoms with Crippen molar-refractivity contribution in [1.82, 2.24) is 9.88 Å². The Balaban J connectivity index is 1.75. The minimum Gasteiger partial charge on any atom is -0.481 e. The first-order chi connectivity index (χ1) is 13.5. The van der Waals surface area contributed by atoms with Gasteiger partial charge in [0.1, 0.15) is 5.69 Å². The molecule has 1 amide bonds. The minimum atomic E-state index is -0.869. The molecule has 0 saturated carbocycles. The summed E-state index contributed by atoms with van der Waals surface area (Å²) in [5, 5.41) is 10.7. The summed E-state index contributed by atoms with van der Waals surface area (Å²) < 4.78 is 0. The maximum Gasteiger partial charge on any atom is 0.308 e. The molecule has 0 aliphatic carbocycles. The number of carboxylic acids is 1. The first-order valence-corrected chi connectivity index (χ1v) is 9.61. The molecule has 0 bridgehead atoms. The van der Waals surface area contributed by atoms with E-state index in [4.69, 9.17) is 0 Å². The van der Waals surface area contributed by atoms with E-state index in [-0.39, 0.29) is 18.5 Å². The van der Waals surface area contributed by atoms with Crippen molar-refractivity contribution in [2.45, 2.75) is 32.7 Å². The highest BCUT2D eigenvalue weighted by atomic mass is 16.4. The number of H-pyrrole nitrogens is 1. The van der Waals surface area contributed by atoms with Crippen LogP contribution in [0.2, 0.25) is 0 Å². The fraction of sp³-hybridized carbons (Fsp3) is 0.304. The number of carboxylic acid groups (broad SMARTS) is 1. The van der Waals surface area contributed by atoms with Crippen molar-refractivity contribution >= 4 is 22.8 Å². The van der Waals surface area contributed by atoms with E-state index in [1.807, 2.05) is 74.5 Å². The van der Waals surface area contributed by atoms with Crippen molar-refractivity contribution in [2.24, 2.45) is 5.92 Å². The molecule has 3 aromatic rings. The van der Waals surface area contributed by atoms with E-state index in [1.165, 1.54) is 0 Å². The molecule has 2 N–H and O–H groups in total. The lowest BCUT2D eigenvalue weighted by atomic mass is 9.98. The van der Waals surface area contributed by atoms with Crippen LogP contribution in [0.4, 0.5) is 0 Å². The summed E-state index contributed by atoms with van der Waals surface area (Å²) in [7, 11) is 0. The second-order valence-corrected chi connectivity index (χ2v) is 7.38. The van der Waals surface area contributed by atoms with Crippen LogP contribution in [-0.2, 0) is 11.2 Å². The molecular formula is C23H26N2O3. The molecular weight excluding hydrogens is 352 g/mol. The van der Waals surface area contributed by atoms with Gasteiger partial charge in [0.2, 0.25) is 0 Å². The van der Waals surface area contributed by atoms with Gasteiger partial charge in [-0.15, -0.1) is 0 Å². The fourth-order valence-electron chi connectivity index (χ4n) is 3.39. The van der Waals surface area contributed by atoms with E-state index in [0.29, 0.717) is 18.5 Å². The summed E-state index contributed by atoms with van der Waals surface area (Å²) in [6, 6.07) is 19.3. The van der Waals surface area contributed by atoms with Crippen LogP contribution < -0.4 is 0 Å². The predicted octanol–water partition coefficient (Wildman–Crippen LogP) is 4.35. The van der Waals surface area contributed by atoms with Gasteiger partial charge in [-0.2, -0.15) is 0 Å². The van der Waals surface area contributed by atoms with Crippen LogP contribution in [0.5, 0.6) is 0 Å². The van der Waals surface area contributed by atoms with Crippen molar-refractivity contribution < 1.29 is 14.7 Å². The number of hydrogen-bond acceptors (Lipinski definition) is 2. The first-order valence-electron chi connectivity index (χ1n) is 9.61. The number of aromatic amines is 1. The average Bonchev–Trinajstić information content (AvgIpc) is 3.12. The van der Waals surface area contributed by atoms with E-state index in [9.17, 15) is 14.7 Å². The number of carbonyl (C=O) groups is 2. The lowest BCUT2D eigenvalue weighted by molar-refractivity contribution is -0.142. The lowest BCUT2D eigenvalue weighted by Crippen LogP contribution is -2.42. The van der Waals surface area contributed by atoms with Crippen LogP contribution >= 0.6 is 0 Å². The maximum absolute atomic E-state index is 13.1. The van der Waals surface area contributed by atoms with Crippen molar-refractivity contribution in [3.05, 3.63) is 71.9 Å². The summed E-state index contributed by atoms with van der Waals surface area (Å²) in [5.41, 5.74) is 2.49. The molecule has 1 atom stereocenters. The van der Waals surface area contributed by atoms with Gasteiger partial charge in [0.05, 0.1) is 5.92 Å². The standard InChI is InChI=1S/C23H26N2O3/c1-16(2)25(22(26)21-14-18-10-6-7-11-20(18)24-21)15-19(23(27)28)13-12-17-8-4-3-5-9-17/h3-11,14,16,19,24H,12-13,15H2,1-2H3,(H,27,28). The van der Waals surface area contributed by atoms with Crippen LogP contribution in [0.1, 0.15) is 36.3 Å². The highest BCUT2D eigenvalue weighted by Crippen LogP contribution is 2.19. The number of aromatic nitrogens is 1. The Hall–Kier alpha value is -3.08. The number of para-hydroxylation sites is 1. The molecule has 1 unspecified atom stereocenters. The quantitative estimate of drug-likeness (QED) is 0.612. The highest BCUT2D eigenvalue weighted by Gasteiger charge is 2.27. The Morgan fingerprint density at radius 1 is 1.04 bits per heavy atom. The molecule has 146 valence electrons. The Morgan fingerprint density at radius 2 is 1.71 bits per heavy atom. The molecule has 0 aliphatic rings. The van der Waals surface area contributed by atoms with Gasteiger partial charge in [-0.1, -0.05) is 48.5 Å². The topological polar surface area (TPSA) is 73.4 Å². The summed E-state index contributed by atoms with van der Waals surface area (Å²) in [5.74, 6) is -1.65. The largest absolute Gasteiger partial charge is 0.481 e. The number of amides is 1. The molecule has 0 spiro atoms. The van der Waals surface area contributed by atoms with Crippen LogP contribution in [0.15, 0.2) is 60.7 Å². The number of hydrogen-bond donors (Lipinski definition) is 2. The molecule has 5 nitrogen and oxygen atoms in total. The van der Waals surface area contributed by atoms with E-state index in [0.717, 1.165) is 16.5 Å². The Kier molecular flexibility index (Phi) is 6.14. The smallest absolute Gasteiger partial charge is 0.308 e. The third-order valence-electron chi connectivity index (χ3n) is 5.04. The monoisotopic (exact) mass is 378 g/mol. The number of rotatable bonds is 8. The molecule has 2 aromatic carbocycles. The summed E-state index contributed by atoms with van der Waals surface area (Å²) in [6.45, 7) is 4.02. The summed E-state index contributed by atoms with van der Waals surface area (Å²) in [4.78, 5) is 29.7. The third-order valence-corrected chi connectivity index (χ3v) is 5.04. The lowest BCUT2D eigenvalue weighted by Gasteiger charge is -2.29. The molecule has 5 heteroatoms. The SMILES string of the molecule is CC(C)N(CC(CCc1ccccc1)C(=O)O)C(=O)c1cc2ccccc2[nH]1. The maximum atomic E-state index is 13.1. The molecule has 3 rings (SSSR count). The van der Waals surface area contributed by atoms with Crippen molar-refractivity contribution in [3.63, 3.8) is 0 Å². The average molecular weight is 378 g/mol. The van der Waals surface area contributed by atoms with E-state index >= 15 is 0 Å². The molecule has 28 heavy (non-hydrogen) atoms. The van der Waals surface area contributed by atoms with E-state index in [1.54, 1.807) is 4.90 Å². The second kappa shape index (κ2) is 8.74. The van der Waals surface area contributed by atoms with Gasteiger partial charge in [-0.05, 0) is 44.4 Å². The zero-order valence-electron chi connectivity index (χ0n) is 16.3. The Labute approximate surface area is 165 Å². The van der Waals surface area contributed by atoms with Crippen molar-refractivity contribution in [3.8, 4) is 0 Å². The van der Waals surface area contributed by atoms with Crippen LogP contribution in [0.25, 0.3) is 10.9 Å². The predicted molar refractivity (Wildman–Crippen MR) is 110 cm³/mol. The minimum absolute atomic E-state index is 0.0995. The van der Waals surface area contributed by atoms with Crippen LogP contribution in [-0.4, -0.2) is 39.5 Å². The van der Waals surface area contributed by atoms with Gasteiger partial charge >= 0.3 is 5.97 Å². The normalized spacial score (nSPS) is 12.2. The van der Waals surface area contributed by atoms with Crippen LogP contribution in [0.3, 0.4) is 0 Å². The van der Waals surface area contributed by atoms with Gasteiger partial charge in [-0.3, -0.25) is 9.59 Å². The highest BCUT2D eigenvalue weighted by molar-refractivity contribution is 5.98. The van der Waals surface area contributed by atoms with Crippen molar-refractivity contribution in [1.29, 1.82) is 0 Å². The molecule has 0 saturated heterocycles. The van der Waals surface area contributed by atoms with Crippen molar-refractivity contribution in [2.75, 3.05) is 6.54 Å². The molecule has 1 aromatic heterocycles. The van der Waals surface area contributed by atoms with Crippen LogP contribution in [0, 0.1) is 5.92 Å². The summed E-state index contributed by atoms with van der Waals surface area (Å²) >= 11 is 0. The Bertz CT molecular complexity index is 914. The Morgan fingerprint density at radius 3 is 2.36 bits per heavy atom. The first kappa shape index (κ1) is 19.7. The van der Waals surface area contributed by atoms with Gasteiger partial charge in [0.25, 0.3) is 5.91 Å². The molecule has 0 aliphatic heterocycles. The number of benzene rings is 2. The molecule has 0 radical (unpaired) electrons. The number of aliphatic carboxylic acids is 1. The third kappa shape index (κ3) is 4.60. The molecule has 1 heterocycles. The van der Waals surface area contributed by atoms with Gasteiger partial charge in [0.15, 0.2) is 0 Å². The fourth-order valence-corrected chi connectivity index (χ4v) is 3.39. The zero-order valence-corrected chi connectivity index (χ0v) is 16.3. The number of nitrogens with zero attached hydrogens (tertiary/aromatic N) is 1. The number of carbonyl (C=O) groups excluding carboxylic acids is 1. The van der Waals surface area contributed by atoms with Gasteiger partial charge in [0, 0.05) is 23.5 Å². The summed E-state index contributed by atoms with van der Waals surface area (Å²) in [6.07, 6.45) is 1.16. The van der Waals surface area contributed by atoms with Gasteiger partial charge in [-0.25, -0.2) is 0 Å². The number of nitrogens with one attached hydrogen (secondary N) is 1. The van der Waals surface area contributed by atoms with E-state index in [2.05, 4.69) is 4.98 Å². The number of aryl methyl sites for hydroxylation is 1. The van der Waals surface area contributed by atoms with E-state index < -0.39 is 11.9 Å². The zero-order chi connectivity index (χ0) is 20.1. The number of fused-ring (bicyclic) bond motifs is 1. The van der Waals surface area contributed by atoms with Gasteiger partial charge < -0.3 is 15.0 Å².